The van der Waals surface area contributed by atoms with Crippen LogP contribution in [-0.2, 0) is 6.54 Å². The van der Waals surface area contributed by atoms with E-state index in [1.807, 2.05) is 6.07 Å². The van der Waals surface area contributed by atoms with Crippen molar-refractivity contribution in [3.8, 4) is 0 Å². The summed E-state index contributed by atoms with van der Waals surface area (Å²) in [7, 11) is 0. The molecule has 0 aromatic carbocycles. The summed E-state index contributed by atoms with van der Waals surface area (Å²) < 4.78 is 0. The molecular weight excluding hydrogens is 240 g/mol. The van der Waals surface area contributed by atoms with Gasteiger partial charge in [-0.3, -0.25) is 4.90 Å². The van der Waals surface area contributed by atoms with Crippen molar-refractivity contribution in [2.45, 2.75) is 39.8 Å². The van der Waals surface area contributed by atoms with E-state index < -0.39 is 5.97 Å². The molecule has 0 spiro atoms. The van der Waals surface area contributed by atoms with Crippen LogP contribution in [0.25, 0.3) is 0 Å². The van der Waals surface area contributed by atoms with E-state index in [0.717, 1.165) is 18.8 Å². The first-order chi connectivity index (χ1) is 8.97. The van der Waals surface area contributed by atoms with Crippen molar-refractivity contribution in [2.75, 3.05) is 6.54 Å². The Balaban J connectivity index is 2.11. The molecule has 0 radical (unpaired) electrons. The van der Waals surface area contributed by atoms with Gasteiger partial charge in [0.15, 0.2) is 0 Å². The van der Waals surface area contributed by atoms with Gasteiger partial charge in [0.25, 0.3) is 0 Å². The van der Waals surface area contributed by atoms with Crippen molar-refractivity contribution in [1.29, 1.82) is 0 Å². The van der Waals surface area contributed by atoms with Gasteiger partial charge in [0.1, 0.15) is 5.69 Å². The molecule has 2 heterocycles. The highest BCUT2D eigenvalue weighted by atomic mass is 16.4. The van der Waals surface area contributed by atoms with Gasteiger partial charge in [0.2, 0.25) is 0 Å². The van der Waals surface area contributed by atoms with E-state index in [2.05, 4.69) is 30.7 Å². The van der Waals surface area contributed by atoms with E-state index in [9.17, 15) is 4.79 Å². The lowest BCUT2D eigenvalue weighted by Gasteiger charge is -2.40. The molecule has 1 aromatic rings. The number of nitrogens with zero attached hydrogens (tertiary/aromatic N) is 2. The molecule has 1 aliphatic heterocycles. The number of aromatic nitrogens is 1. The standard InChI is InChI=1S/C15H22N2O2/c1-10-7-11(2)12(3)17(8-10)9-13-5-4-6-14(16-13)15(18)19/h4-6,10-12H,7-9H2,1-3H3,(H,18,19). The minimum Gasteiger partial charge on any atom is -0.477 e. The Morgan fingerprint density at radius 1 is 1.42 bits per heavy atom. The van der Waals surface area contributed by atoms with Crippen molar-refractivity contribution in [3.63, 3.8) is 0 Å². The third kappa shape index (κ3) is 3.32. The second kappa shape index (κ2) is 5.70. The van der Waals surface area contributed by atoms with Gasteiger partial charge in [0, 0.05) is 19.1 Å². The SMILES string of the molecule is CC1CC(C)C(C)N(Cc2cccc(C(=O)O)n2)C1. The molecule has 1 fully saturated rings. The van der Waals surface area contributed by atoms with Gasteiger partial charge in [-0.05, 0) is 37.3 Å². The number of aromatic carboxylic acids is 1. The maximum atomic E-state index is 10.9. The minimum absolute atomic E-state index is 0.128. The van der Waals surface area contributed by atoms with E-state index in [-0.39, 0.29) is 5.69 Å². The maximum absolute atomic E-state index is 10.9. The quantitative estimate of drug-likeness (QED) is 0.910. The normalized spacial score (nSPS) is 28.3. The maximum Gasteiger partial charge on any atom is 0.354 e. The molecule has 0 aliphatic carbocycles. The van der Waals surface area contributed by atoms with E-state index >= 15 is 0 Å². The van der Waals surface area contributed by atoms with Crippen LogP contribution >= 0.6 is 0 Å². The second-order valence-corrected chi connectivity index (χ2v) is 5.81. The molecule has 19 heavy (non-hydrogen) atoms. The molecule has 4 heteroatoms. The van der Waals surface area contributed by atoms with Crippen LogP contribution in [0, 0.1) is 11.8 Å². The summed E-state index contributed by atoms with van der Waals surface area (Å²) in [5.41, 5.74) is 0.969. The minimum atomic E-state index is -0.963. The fourth-order valence-corrected chi connectivity index (χ4v) is 2.94. The highest BCUT2D eigenvalue weighted by molar-refractivity contribution is 5.85. The fourth-order valence-electron chi connectivity index (χ4n) is 2.94. The predicted molar refractivity (Wildman–Crippen MR) is 74.0 cm³/mol. The third-order valence-corrected chi connectivity index (χ3v) is 4.11. The number of piperidine rings is 1. The Bertz CT molecular complexity index is 461. The Kier molecular flexibility index (Phi) is 4.20. The molecule has 1 aliphatic rings. The van der Waals surface area contributed by atoms with Gasteiger partial charge < -0.3 is 5.11 Å². The van der Waals surface area contributed by atoms with Crippen molar-refractivity contribution < 1.29 is 9.90 Å². The largest absolute Gasteiger partial charge is 0.477 e. The summed E-state index contributed by atoms with van der Waals surface area (Å²) in [6, 6.07) is 5.74. The number of carboxylic acids is 1. The summed E-state index contributed by atoms with van der Waals surface area (Å²) in [5.74, 6) is 0.399. The molecule has 0 amide bonds. The van der Waals surface area contributed by atoms with Gasteiger partial charge in [-0.2, -0.15) is 0 Å². The van der Waals surface area contributed by atoms with Crippen molar-refractivity contribution in [2.24, 2.45) is 11.8 Å². The average molecular weight is 262 g/mol. The summed E-state index contributed by atoms with van der Waals surface area (Å²) in [6.07, 6.45) is 1.26. The smallest absolute Gasteiger partial charge is 0.354 e. The molecule has 0 bridgehead atoms. The van der Waals surface area contributed by atoms with Crippen LogP contribution in [0.2, 0.25) is 0 Å². The summed E-state index contributed by atoms with van der Waals surface area (Å²) in [5, 5.41) is 8.98. The number of likely N-dealkylation sites (tertiary alicyclic amines) is 1. The van der Waals surface area contributed by atoms with Gasteiger partial charge in [-0.25, -0.2) is 9.78 Å². The third-order valence-electron chi connectivity index (χ3n) is 4.11. The molecule has 1 saturated heterocycles. The van der Waals surface area contributed by atoms with E-state index in [0.29, 0.717) is 17.9 Å². The average Bonchev–Trinajstić information content (AvgIpc) is 2.35. The van der Waals surface area contributed by atoms with Crippen LogP contribution < -0.4 is 0 Å². The second-order valence-electron chi connectivity index (χ2n) is 5.81. The van der Waals surface area contributed by atoms with Crippen molar-refractivity contribution in [1.82, 2.24) is 9.88 Å². The molecule has 0 saturated carbocycles. The highest BCUT2D eigenvalue weighted by Crippen LogP contribution is 2.27. The first-order valence-electron chi connectivity index (χ1n) is 6.90. The Morgan fingerprint density at radius 2 is 2.16 bits per heavy atom. The van der Waals surface area contributed by atoms with Gasteiger partial charge >= 0.3 is 5.97 Å². The summed E-state index contributed by atoms with van der Waals surface area (Å²) in [4.78, 5) is 17.6. The first-order valence-corrected chi connectivity index (χ1v) is 6.90. The number of hydrogen-bond acceptors (Lipinski definition) is 3. The number of carboxylic acid groups (broad SMARTS) is 1. The summed E-state index contributed by atoms with van der Waals surface area (Å²) >= 11 is 0. The molecule has 3 unspecified atom stereocenters. The van der Waals surface area contributed by atoms with Gasteiger partial charge in [0.05, 0.1) is 5.69 Å². The lowest BCUT2D eigenvalue weighted by molar-refractivity contribution is 0.0678. The van der Waals surface area contributed by atoms with Crippen LogP contribution in [0.5, 0.6) is 0 Å². The fraction of sp³-hybridized carbons (Fsp3) is 0.600. The Morgan fingerprint density at radius 3 is 2.84 bits per heavy atom. The lowest BCUT2D eigenvalue weighted by atomic mass is 9.86. The summed E-state index contributed by atoms with van der Waals surface area (Å²) in [6.45, 7) is 8.60. The lowest BCUT2D eigenvalue weighted by Crippen LogP contribution is -2.45. The number of rotatable bonds is 3. The van der Waals surface area contributed by atoms with E-state index in [1.54, 1.807) is 6.07 Å². The Hall–Kier alpha value is -1.42. The van der Waals surface area contributed by atoms with Gasteiger partial charge in [-0.1, -0.05) is 19.9 Å². The topological polar surface area (TPSA) is 53.4 Å². The zero-order valence-corrected chi connectivity index (χ0v) is 11.8. The molecular formula is C15H22N2O2. The highest BCUT2D eigenvalue weighted by Gasteiger charge is 2.28. The zero-order chi connectivity index (χ0) is 14.0. The molecule has 1 N–H and O–H groups in total. The number of carbonyl (C=O) groups is 1. The van der Waals surface area contributed by atoms with Crippen LogP contribution in [0.1, 0.15) is 43.4 Å². The van der Waals surface area contributed by atoms with Crippen molar-refractivity contribution >= 4 is 5.97 Å². The van der Waals surface area contributed by atoms with Crippen molar-refractivity contribution in [3.05, 3.63) is 29.6 Å². The van der Waals surface area contributed by atoms with E-state index in [1.165, 1.54) is 12.5 Å². The zero-order valence-electron chi connectivity index (χ0n) is 11.8. The van der Waals surface area contributed by atoms with Crippen LogP contribution in [0.3, 0.4) is 0 Å². The van der Waals surface area contributed by atoms with Crippen LogP contribution in [0.4, 0.5) is 0 Å². The molecule has 104 valence electrons. The molecule has 1 aromatic heterocycles. The Labute approximate surface area is 114 Å². The van der Waals surface area contributed by atoms with Gasteiger partial charge in [-0.15, -0.1) is 0 Å². The number of pyridine rings is 1. The predicted octanol–water partition coefficient (Wildman–Crippen LogP) is 2.65. The molecule has 2 rings (SSSR count). The monoisotopic (exact) mass is 262 g/mol. The molecule has 4 nitrogen and oxygen atoms in total. The van der Waals surface area contributed by atoms with E-state index in [4.69, 9.17) is 5.11 Å². The van der Waals surface area contributed by atoms with Crippen LogP contribution in [0.15, 0.2) is 18.2 Å². The first kappa shape index (κ1) is 14.0. The molecule has 3 atom stereocenters. The number of hydrogen-bond donors (Lipinski definition) is 1. The van der Waals surface area contributed by atoms with Crippen LogP contribution in [-0.4, -0.2) is 33.5 Å².